The molecule has 1 aromatic heterocycles. The lowest BCUT2D eigenvalue weighted by Crippen LogP contribution is -2.26. The summed E-state index contributed by atoms with van der Waals surface area (Å²) in [7, 11) is 0. The fourth-order valence-corrected chi connectivity index (χ4v) is 0.797. The zero-order valence-corrected chi connectivity index (χ0v) is 6.34. The molecule has 0 saturated heterocycles. The van der Waals surface area contributed by atoms with Gasteiger partial charge in [0.1, 0.15) is 0 Å². The molecule has 1 heterocycles. The Hall–Kier alpha value is -1.78. The van der Waals surface area contributed by atoms with Crippen molar-refractivity contribution >= 4 is 5.84 Å². The second kappa shape index (κ2) is 3.56. The van der Waals surface area contributed by atoms with E-state index in [2.05, 4.69) is 5.16 Å². The van der Waals surface area contributed by atoms with Gasteiger partial charge in [0.15, 0.2) is 5.84 Å². The Morgan fingerprint density at radius 3 is 3.00 bits per heavy atom. The summed E-state index contributed by atoms with van der Waals surface area (Å²) in [5, 5.41) is 11.0. The van der Waals surface area contributed by atoms with E-state index < -0.39 is 0 Å². The van der Waals surface area contributed by atoms with Gasteiger partial charge < -0.3 is 15.5 Å². The number of hydrogen-bond donors (Lipinski definition) is 2. The quantitative estimate of drug-likeness (QED) is 0.272. The van der Waals surface area contributed by atoms with E-state index in [1.807, 2.05) is 0 Å². The van der Waals surface area contributed by atoms with Crippen LogP contribution in [0.25, 0.3) is 0 Å². The van der Waals surface area contributed by atoms with Crippen LogP contribution in [0.3, 0.4) is 0 Å². The van der Waals surface area contributed by atoms with Gasteiger partial charge in [-0.15, -0.1) is 0 Å². The Morgan fingerprint density at radius 1 is 1.67 bits per heavy atom. The maximum atomic E-state index is 11.0. The average molecular weight is 167 g/mol. The monoisotopic (exact) mass is 167 g/mol. The van der Waals surface area contributed by atoms with Crippen LogP contribution in [0.5, 0.6) is 0 Å². The predicted octanol–water partition coefficient (Wildman–Crippen LogP) is -0.405. The number of aromatic nitrogens is 1. The van der Waals surface area contributed by atoms with Crippen LogP contribution < -0.4 is 11.3 Å². The smallest absolute Gasteiger partial charge is 0.250 e. The lowest BCUT2D eigenvalue weighted by atomic mass is 10.4. The minimum Gasteiger partial charge on any atom is -0.409 e. The van der Waals surface area contributed by atoms with Crippen LogP contribution in [-0.2, 0) is 6.54 Å². The molecule has 0 aromatic carbocycles. The molecule has 3 N–H and O–H groups in total. The topological polar surface area (TPSA) is 80.6 Å². The molecule has 0 bridgehead atoms. The molecule has 0 unspecified atom stereocenters. The van der Waals surface area contributed by atoms with Crippen molar-refractivity contribution in [3.05, 3.63) is 34.7 Å². The summed E-state index contributed by atoms with van der Waals surface area (Å²) >= 11 is 0. The highest BCUT2D eigenvalue weighted by Gasteiger charge is 1.96. The third kappa shape index (κ3) is 1.85. The van der Waals surface area contributed by atoms with E-state index in [0.29, 0.717) is 0 Å². The van der Waals surface area contributed by atoms with E-state index in [-0.39, 0.29) is 17.9 Å². The molecule has 5 heteroatoms. The van der Waals surface area contributed by atoms with Crippen LogP contribution in [0.1, 0.15) is 0 Å². The first-order chi connectivity index (χ1) is 5.74. The molecule has 64 valence electrons. The molecule has 0 radical (unpaired) electrons. The van der Waals surface area contributed by atoms with Crippen molar-refractivity contribution in [2.75, 3.05) is 0 Å². The van der Waals surface area contributed by atoms with E-state index >= 15 is 0 Å². The largest absolute Gasteiger partial charge is 0.409 e. The summed E-state index contributed by atoms with van der Waals surface area (Å²) in [5.74, 6) is 0.00306. The van der Waals surface area contributed by atoms with Gasteiger partial charge in [0, 0.05) is 12.3 Å². The Kier molecular flexibility index (Phi) is 2.47. The maximum Gasteiger partial charge on any atom is 0.250 e. The highest BCUT2D eigenvalue weighted by Crippen LogP contribution is 1.81. The normalized spacial score (nSPS) is 11.5. The molecule has 1 rings (SSSR count). The molecular weight excluding hydrogens is 158 g/mol. The van der Waals surface area contributed by atoms with Crippen molar-refractivity contribution < 1.29 is 5.21 Å². The molecule has 12 heavy (non-hydrogen) atoms. The minimum atomic E-state index is -0.177. The second-order valence-corrected chi connectivity index (χ2v) is 2.26. The van der Waals surface area contributed by atoms with Crippen molar-refractivity contribution in [3.63, 3.8) is 0 Å². The number of nitrogens with two attached hydrogens (primary N) is 1. The van der Waals surface area contributed by atoms with Gasteiger partial charge in [0.05, 0.1) is 6.54 Å². The summed E-state index contributed by atoms with van der Waals surface area (Å²) in [6, 6.07) is 4.74. The van der Waals surface area contributed by atoms with E-state index in [9.17, 15) is 4.79 Å². The Labute approximate surface area is 68.7 Å². The van der Waals surface area contributed by atoms with E-state index in [4.69, 9.17) is 10.9 Å². The van der Waals surface area contributed by atoms with Crippen LogP contribution >= 0.6 is 0 Å². The SMILES string of the molecule is N/C(Cn1ccccc1=O)=N\O. The molecule has 0 fully saturated rings. The van der Waals surface area contributed by atoms with Crippen molar-refractivity contribution in [2.24, 2.45) is 10.9 Å². The number of rotatable bonds is 2. The molecule has 1 aromatic rings. The fourth-order valence-electron chi connectivity index (χ4n) is 0.797. The molecule has 5 nitrogen and oxygen atoms in total. The van der Waals surface area contributed by atoms with E-state index in [1.54, 1.807) is 18.3 Å². The molecular formula is C7H9N3O2. The first-order valence-electron chi connectivity index (χ1n) is 3.36. The molecule has 0 aliphatic rings. The summed E-state index contributed by atoms with van der Waals surface area (Å²) in [5.41, 5.74) is 5.04. The number of nitrogens with zero attached hydrogens (tertiary/aromatic N) is 2. The summed E-state index contributed by atoms with van der Waals surface area (Å²) in [6.07, 6.45) is 1.57. The van der Waals surface area contributed by atoms with Crippen molar-refractivity contribution in [2.45, 2.75) is 6.54 Å². The van der Waals surface area contributed by atoms with Gasteiger partial charge in [-0.2, -0.15) is 0 Å². The predicted molar refractivity (Wildman–Crippen MR) is 44.1 cm³/mol. The van der Waals surface area contributed by atoms with Crippen LogP contribution in [0.15, 0.2) is 34.3 Å². The van der Waals surface area contributed by atoms with E-state index in [0.717, 1.165) is 0 Å². The number of hydrogen-bond acceptors (Lipinski definition) is 3. The van der Waals surface area contributed by atoms with E-state index in [1.165, 1.54) is 10.6 Å². The van der Waals surface area contributed by atoms with Gasteiger partial charge in [-0.1, -0.05) is 11.2 Å². The van der Waals surface area contributed by atoms with Crippen molar-refractivity contribution in [1.29, 1.82) is 0 Å². The van der Waals surface area contributed by atoms with Crippen molar-refractivity contribution in [1.82, 2.24) is 4.57 Å². The minimum absolute atomic E-state index is 0.00306. The Balaban J connectivity index is 2.90. The highest BCUT2D eigenvalue weighted by atomic mass is 16.4. The highest BCUT2D eigenvalue weighted by molar-refractivity contribution is 5.79. The van der Waals surface area contributed by atoms with Crippen LogP contribution in [0.2, 0.25) is 0 Å². The lowest BCUT2D eigenvalue weighted by Gasteiger charge is -2.01. The van der Waals surface area contributed by atoms with Crippen molar-refractivity contribution in [3.8, 4) is 0 Å². The zero-order chi connectivity index (χ0) is 8.97. The average Bonchev–Trinajstić information content (AvgIpc) is 2.09. The zero-order valence-electron chi connectivity index (χ0n) is 6.34. The van der Waals surface area contributed by atoms with Crippen LogP contribution in [0, 0.1) is 0 Å². The number of pyridine rings is 1. The van der Waals surface area contributed by atoms with Gasteiger partial charge in [0.2, 0.25) is 0 Å². The maximum absolute atomic E-state index is 11.0. The molecule has 0 amide bonds. The first kappa shape index (κ1) is 8.32. The molecule has 0 atom stereocenters. The molecule has 0 aliphatic heterocycles. The Morgan fingerprint density at radius 2 is 2.42 bits per heavy atom. The second-order valence-electron chi connectivity index (χ2n) is 2.26. The van der Waals surface area contributed by atoms with Crippen LogP contribution in [-0.4, -0.2) is 15.6 Å². The summed E-state index contributed by atoms with van der Waals surface area (Å²) in [6.45, 7) is 0.107. The summed E-state index contributed by atoms with van der Waals surface area (Å²) in [4.78, 5) is 11.0. The van der Waals surface area contributed by atoms with Gasteiger partial charge >= 0.3 is 0 Å². The van der Waals surface area contributed by atoms with Crippen LogP contribution in [0.4, 0.5) is 0 Å². The standard InChI is InChI=1S/C7H9N3O2/c8-6(9-12)5-10-4-2-1-3-7(10)11/h1-4,12H,5H2,(H2,8,9). The first-order valence-corrected chi connectivity index (χ1v) is 3.36. The summed E-state index contributed by atoms with van der Waals surface area (Å²) < 4.78 is 1.34. The lowest BCUT2D eigenvalue weighted by molar-refractivity contribution is 0.316. The number of oxime groups is 1. The number of amidine groups is 1. The fraction of sp³-hybridized carbons (Fsp3) is 0.143. The van der Waals surface area contributed by atoms with Gasteiger partial charge in [-0.3, -0.25) is 4.79 Å². The van der Waals surface area contributed by atoms with Gasteiger partial charge in [0.25, 0.3) is 5.56 Å². The third-order valence-corrected chi connectivity index (χ3v) is 1.36. The Bertz CT molecular complexity index is 343. The molecule has 0 saturated carbocycles. The van der Waals surface area contributed by atoms with Gasteiger partial charge in [-0.05, 0) is 6.07 Å². The molecule has 0 spiro atoms. The van der Waals surface area contributed by atoms with Gasteiger partial charge in [-0.25, -0.2) is 0 Å². The third-order valence-electron chi connectivity index (χ3n) is 1.36. The molecule has 0 aliphatic carbocycles.